The van der Waals surface area contributed by atoms with Gasteiger partial charge in [0.25, 0.3) is 17.5 Å². The van der Waals surface area contributed by atoms with Crippen molar-refractivity contribution in [2.75, 3.05) is 0 Å². The topological polar surface area (TPSA) is 89.3 Å². The highest BCUT2D eigenvalue weighted by atomic mass is 79.9. The molecule has 1 aromatic rings. The largest absolute Gasteiger partial charge is 0.289 e. The van der Waals surface area contributed by atoms with Crippen LogP contribution in [0.4, 0.5) is 5.69 Å². The fraction of sp³-hybridized carbons (Fsp3) is 0. The first kappa shape index (κ1) is 11.5. The van der Waals surface area contributed by atoms with Crippen molar-refractivity contribution >= 4 is 39.0 Å². The van der Waals surface area contributed by atoms with Gasteiger partial charge in [0.1, 0.15) is 0 Å². The lowest BCUT2D eigenvalue weighted by Gasteiger charge is -2.02. The number of carbonyl (C=O) groups excluding carboxylic acids is 2. The molecule has 0 unspecified atom stereocenters. The van der Waals surface area contributed by atoms with Gasteiger partial charge in [-0.05, 0) is 12.1 Å². The number of hydrogen-bond acceptors (Lipinski definition) is 4. The maximum atomic E-state index is 11.4. The molecule has 7 heteroatoms. The van der Waals surface area contributed by atoms with Crippen LogP contribution in [0, 0.1) is 10.1 Å². The van der Waals surface area contributed by atoms with Crippen molar-refractivity contribution in [1.29, 1.82) is 0 Å². The van der Waals surface area contributed by atoms with E-state index >= 15 is 0 Å². The highest BCUT2D eigenvalue weighted by molar-refractivity contribution is 9.10. The molecule has 0 aliphatic carbocycles. The van der Waals surface area contributed by atoms with Crippen LogP contribution in [0.2, 0.25) is 0 Å². The van der Waals surface area contributed by atoms with E-state index < -0.39 is 16.7 Å². The van der Waals surface area contributed by atoms with Gasteiger partial charge in [-0.25, -0.2) is 0 Å². The Morgan fingerprint density at radius 2 is 2.00 bits per heavy atom. The van der Waals surface area contributed by atoms with Crippen molar-refractivity contribution < 1.29 is 14.5 Å². The third-order valence-electron chi connectivity index (χ3n) is 2.20. The lowest BCUT2D eigenvalue weighted by Crippen LogP contribution is -2.21. The van der Waals surface area contributed by atoms with E-state index in [2.05, 4.69) is 15.9 Å². The first-order valence-corrected chi connectivity index (χ1v) is 5.29. The maximum absolute atomic E-state index is 11.4. The number of nitrogens with one attached hydrogen (secondary N) is 1. The Morgan fingerprint density at radius 3 is 2.53 bits per heavy atom. The Hall–Kier alpha value is -2.02. The number of nitro benzene ring substituents is 1. The zero-order chi connectivity index (χ0) is 12.6. The van der Waals surface area contributed by atoms with E-state index in [1.54, 1.807) is 6.07 Å². The molecule has 1 heterocycles. The van der Waals surface area contributed by atoms with Crippen molar-refractivity contribution in [3.8, 4) is 0 Å². The van der Waals surface area contributed by atoms with Gasteiger partial charge >= 0.3 is 0 Å². The number of imide groups is 1. The molecular weight excluding hydrogens is 292 g/mol. The Morgan fingerprint density at radius 1 is 1.29 bits per heavy atom. The van der Waals surface area contributed by atoms with E-state index in [0.29, 0.717) is 4.47 Å². The lowest BCUT2D eigenvalue weighted by molar-refractivity contribution is -0.385. The summed E-state index contributed by atoms with van der Waals surface area (Å²) in [7, 11) is 0. The van der Waals surface area contributed by atoms with E-state index in [9.17, 15) is 19.7 Å². The molecule has 0 fully saturated rings. The van der Waals surface area contributed by atoms with Gasteiger partial charge < -0.3 is 0 Å². The summed E-state index contributed by atoms with van der Waals surface area (Å²) in [5.41, 5.74) is -0.0915. The molecule has 0 spiro atoms. The molecule has 6 nitrogen and oxygen atoms in total. The highest BCUT2D eigenvalue weighted by Crippen LogP contribution is 2.30. The first-order valence-electron chi connectivity index (χ1n) is 4.50. The van der Waals surface area contributed by atoms with Gasteiger partial charge in [0.15, 0.2) is 0 Å². The van der Waals surface area contributed by atoms with Crippen LogP contribution in [-0.4, -0.2) is 16.7 Å². The molecule has 1 aromatic carbocycles. The molecule has 1 aliphatic heterocycles. The smallest absolute Gasteiger partial charge is 0.278 e. The molecule has 2 rings (SSSR count). The second kappa shape index (κ2) is 4.10. The predicted molar refractivity (Wildman–Crippen MR) is 61.9 cm³/mol. The van der Waals surface area contributed by atoms with E-state index in [1.165, 1.54) is 12.1 Å². The molecule has 0 atom stereocenters. The van der Waals surface area contributed by atoms with Crippen LogP contribution in [0.15, 0.2) is 28.7 Å². The minimum Gasteiger partial charge on any atom is -0.289 e. The van der Waals surface area contributed by atoms with Crippen LogP contribution in [0.1, 0.15) is 5.56 Å². The average molecular weight is 297 g/mol. The summed E-state index contributed by atoms with van der Waals surface area (Å²) in [5, 5.41) is 12.9. The molecule has 0 aromatic heterocycles. The molecular formula is C10H5BrN2O4. The number of rotatable bonds is 2. The molecule has 1 N–H and O–H groups in total. The molecule has 1 aliphatic rings. The minimum atomic E-state index is -0.625. The van der Waals surface area contributed by atoms with Gasteiger partial charge in [0.2, 0.25) is 0 Å². The Balaban J connectivity index is 2.60. The first-order chi connectivity index (χ1) is 7.99. The molecule has 0 saturated carbocycles. The van der Waals surface area contributed by atoms with Crippen molar-refractivity contribution in [3.05, 3.63) is 44.4 Å². The second-order valence-corrected chi connectivity index (χ2v) is 4.21. The van der Waals surface area contributed by atoms with Crippen LogP contribution >= 0.6 is 15.9 Å². The Bertz CT molecular complexity index is 580. The van der Waals surface area contributed by atoms with Crippen molar-refractivity contribution in [2.24, 2.45) is 0 Å². The van der Waals surface area contributed by atoms with E-state index in [0.717, 1.165) is 6.08 Å². The molecule has 0 bridgehead atoms. The predicted octanol–water partition coefficient (Wildman–Crippen LogP) is 1.40. The quantitative estimate of drug-likeness (QED) is 0.507. The normalized spacial score (nSPS) is 14.5. The van der Waals surface area contributed by atoms with Crippen LogP contribution in [0.5, 0.6) is 0 Å². The SMILES string of the molecule is O=C1C=C(c2ccc(Br)cc2[N+](=O)[O-])C(=O)N1. The Labute approximate surface area is 104 Å². The number of carbonyl (C=O) groups is 2. The summed E-state index contributed by atoms with van der Waals surface area (Å²) in [6, 6.07) is 4.28. The summed E-state index contributed by atoms with van der Waals surface area (Å²) < 4.78 is 0.526. The summed E-state index contributed by atoms with van der Waals surface area (Å²) in [4.78, 5) is 32.7. The van der Waals surface area contributed by atoms with Gasteiger partial charge in [0, 0.05) is 16.6 Å². The molecule has 17 heavy (non-hydrogen) atoms. The summed E-state index contributed by atoms with van der Waals surface area (Å²) in [6.45, 7) is 0. The van der Waals surface area contributed by atoms with Crippen LogP contribution in [-0.2, 0) is 9.59 Å². The standard InChI is InChI=1S/C10H5BrN2O4/c11-5-1-2-6(8(3-5)13(16)17)7-4-9(14)12-10(7)15/h1-4H,(H,12,14,15). The number of halogens is 1. The number of amides is 2. The molecule has 2 amide bonds. The lowest BCUT2D eigenvalue weighted by atomic mass is 10.0. The van der Waals surface area contributed by atoms with Crippen LogP contribution in [0.3, 0.4) is 0 Å². The van der Waals surface area contributed by atoms with Gasteiger partial charge in [-0.3, -0.25) is 25.0 Å². The fourth-order valence-electron chi connectivity index (χ4n) is 1.50. The van der Waals surface area contributed by atoms with Gasteiger partial charge in [-0.15, -0.1) is 0 Å². The minimum absolute atomic E-state index is 0.00852. The third-order valence-corrected chi connectivity index (χ3v) is 2.70. The average Bonchev–Trinajstić information content (AvgIpc) is 2.57. The molecule has 0 radical (unpaired) electrons. The van der Waals surface area contributed by atoms with Gasteiger partial charge in [-0.1, -0.05) is 15.9 Å². The second-order valence-electron chi connectivity index (χ2n) is 3.29. The number of benzene rings is 1. The third kappa shape index (κ3) is 2.09. The number of nitro groups is 1. The summed E-state index contributed by atoms with van der Waals surface area (Å²) in [6.07, 6.45) is 1.05. The van der Waals surface area contributed by atoms with Crippen LogP contribution < -0.4 is 5.32 Å². The van der Waals surface area contributed by atoms with E-state index in [1.807, 2.05) is 5.32 Å². The molecule has 0 saturated heterocycles. The van der Waals surface area contributed by atoms with Crippen molar-refractivity contribution in [1.82, 2.24) is 5.32 Å². The van der Waals surface area contributed by atoms with Crippen LogP contribution in [0.25, 0.3) is 5.57 Å². The monoisotopic (exact) mass is 296 g/mol. The molecule has 86 valence electrons. The van der Waals surface area contributed by atoms with E-state index in [4.69, 9.17) is 0 Å². The fourth-order valence-corrected chi connectivity index (χ4v) is 1.84. The van der Waals surface area contributed by atoms with Gasteiger partial charge in [-0.2, -0.15) is 0 Å². The number of hydrogen-bond donors (Lipinski definition) is 1. The van der Waals surface area contributed by atoms with E-state index in [-0.39, 0.29) is 16.8 Å². The highest BCUT2D eigenvalue weighted by Gasteiger charge is 2.27. The van der Waals surface area contributed by atoms with Gasteiger partial charge in [0.05, 0.1) is 16.1 Å². The zero-order valence-electron chi connectivity index (χ0n) is 8.27. The Kier molecular flexibility index (Phi) is 2.76. The summed E-state index contributed by atoms with van der Waals surface area (Å²) >= 11 is 3.11. The van der Waals surface area contributed by atoms with Crippen molar-refractivity contribution in [2.45, 2.75) is 0 Å². The maximum Gasteiger partial charge on any atom is 0.278 e. The summed E-state index contributed by atoms with van der Waals surface area (Å²) in [5.74, 6) is -1.19. The zero-order valence-corrected chi connectivity index (χ0v) is 9.85. The van der Waals surface area contributed by atoms with Crippen molar-refractivity contribution in [3.63, 3.8) is 0 Å². The number of nitrogens with zero attached hydrogens (tertiary/aromatic N) is 1.